The second-order valence-corrected chi connectivity index (χ2v) is 7.34. The molecule has 0 aliphatic carbocycles. The van der Waals surface area contributed by atoms with E-state index in [1.54, 1.807) is 0 Å². The molecule has 2 saturated heterocycles. The predicted octanol–water partition coefficient (Wildman–Crippen LogP) is 3.88. The largest absolute Gasteiger partial charge is 0.302 e. The fourth-order valence-corrected chi connectivity index (χ4v) is 4.57. The van der Waals surface area contributed by atoms with Crippen molar-refractivity contribution in [3.63, 3.8) is 0 Å². The van der Waals surface area contributed by atoms with Gasteiger partial charge in [0.15, 0.2) is 0 Å². The third kappa shape index (κ3) is 2.57. The number of anilines is 1. The van der Waals surface area contributed by atoms with E-state index in [0.717, 1.165) is 11.1 Å². The number of hydrogen-bond acceptors (Lipinski definition) is 3. The molecule has 4 heteroatoms. The lowest BCUT2D eigenvalue weighted by atomic mass is 9.84. The number of para-hydroxylation sites is 1. The van der Waals surface area contributed by atoms with E-state index in [9.17, 15) is 9.59 Å². The number of benzene rings is 3. The average Bonchev–Trinajstić information content (AvgIpc) is 3.27. The van der Waals surface area contributed by atoms with Crippen LogP contribution in [0, 0.1) is 11.8 Å². The quantitative estimate of drug-likeness (QED) is 0.714. The van der Waals surface area contributed by atoms with Crippen LogP contribution in [0.3, 0.4) is 0 Å². The zero-order valence-corrected chi connectivity index (χ0v) is 15.2. The van der Waals surface area contributed by atoms with E-state index >= 15 is 0 Å². The van der Waals surface area contributed by atoms with Crippen molar-refractivity contribution in [1.29, 1.82) is 0 Å². The number of nitrogens with one attached hydrogen (secondary N) is 1. The summed E-state index contributed by atoms with van der Waals surface area (Å²) in [6.07, 6.45) is 0. The smallest absolute Gasteiger partial charge is 0.239 e. The Balaban J connectivity index is 1.61. The molecule has 1 N–H and O–H groups in total. The molecule has 0 spiro atoms. The molecule has 0 unspecified atom stereocenters. The maximum atomic E-state index is 13.4. The minimum Gasteiger partial charge on any atom is -0.302 e. The molecule has 2 aliphatic rings. The molecule has 4 nitrogen and oxygen atoms in total. The molecule has 28 heavy (non-hydrogen) atoms. The first kappa shape index (κ1) is 16.9. The normalized spacial score (nSPS) is 26.5. The van der Waals surface area contributed by atoms with Gasteiger partial charge in [0.25, 0.3) is 0 Å². The number of rotatable bonds is 3. The SMILES string of the molecule is O=C1[C@@H]2[C@H](C(=O)N1c1ccccc1)[C@@H](c1ccccc1)N[C@@H]2c1ccccc1. The van der Waals surface area contributed by atoms with Gasteiger partial charge in [-0.2, -0.15) is 0 Å². The third-order valence-corrected chi connectivity index (χ3v) is 5.81. The minimum absolute atomic E-state index is 0.124. The summed E-state index contributed by atoms with van der Waals surface area (Å²) in [6.45, 7) is 0. The van der Waals surface area contributed by atoms with Crippen LogP contribution in [0.1, 0.15) is 23.2 Å². The van der Waals surface area contributed by atoms with Gasteiger partial charge in [-0.25, -0.2) is 4.90 Å². The number of carbonyl (C=O) groups excluding carboxylic acids is 2. The Kier molecular flexibility index (Phi) is 4.06. The lowest BCUT2D eigenvalue weighted by Gasteiger charge is -2.23. The zero-order chi connectivity index (χ0) is 19.1. The van der Waals surface area contributed by atoms with Crippen molar-refractivity contribution >= 4 is 17.5 Å². The van der Waals surface area contributed by atoms with Gasteiger partial charge in [0.2, 0.25) is 11.8 Å². The number of imide groups is 1. The Morgan fingerprint density at radius 3 is 1.39 bits per heavy atom. The standard InChI is InChI=1S/C24H20N2O2/c27-23-19-20(24(28)26(23)18-14-8-3-9-15-18)22(17-12-6-2-7-13-17)25-21(19)16-10-4-1-5-11-16/h1-15,19-22,25H/t19-,20+,21-,22-/m1/s1. The first-order chi connectivity index (χ1) is 13.8. The van der Waals surface area contributed by atoms with Gasteiger partial charge in [-0.05, 0) is 23.3 Å². The average molecular weight is 368 g/mol. The predicted molar refractivity (Wildman–Crippen MR) is 107 cm³/mol. The molecule has 138 valence electrons. The highest BCUT2D eigenvalue weighted by Crippen LogP contribution is 2.50. The zero-order valence-electron chi connectivity index (χ0n) is 15.2. The van der Waals surface area contributed by atoms with Crippen LogP contribution in [0.5, 0.6) is 0 Å². The molecule has 2 heterocycles. The van der Waals surface area contributed by atoms with Crippen LogP contribution in [-0.4, -0.2) is 11.8 Å². The molecular weight excluding hydrogens is 348 g/mol. The number of nitrogens with zero attached hydrogens (tertiary/aromatic N) is 1. The maximum Gasteiger partial charge on any atom is 0.239 e. The summed E-state index contributed by atoms with van der Waals surface area (Å²) in [5, 5.41) is 3.59. The molecule has 2 fully saturated rings. The molecule has 5 rings (SSSR count). The second kappa shape index (κ2) is 6.73. The molecule has 0 saturated carbocycles. The summed E-state index contributed by atoms with van der Waals surface area (Å²) in [6, 6.07) is 28.7. The van der Waals surface area contributed by atoms with Crippen LogP contribution in [0.2, 0.25) is 0 Å². The Morgan fingerprint density at radius 2 is 0.964 bits per heavy atom. The Hall–Kier alpha value is -3.24. The fourth-order valence-electron chi connectivity index (χ4n) is 4.57. The van der Waals surface area contributed by atoms with Crippen LogP contribution in [0.25, 0.3) is 0 Å². The highest BCUT2D eigenvalue weighted by molar-refractivity contribution is 6.22. The lowest BCUT2D eigenvalue weighted by Crippen LogP contribution is -2.36. The van der Waals surface area contributed by atoms with E-state index in [1.807, 2.05) is 91.0 Å². The molecule has 3 aromatic rings. The van der Waals surface area contributed by atoms with Gasteiger partial charge >= 0.3 is 0 Å². The van der Waals surface area contributed by atoms with Crippen molar-refractivity contribution in [3.8, 4) is 0 Å². The minimum atomic E-state index is -0.416. The van der Waals surface area contributed by atoms with Crippen LogP contribution in [0.4, 0.5) is 5.69 Å². The molecular formula is C24H20N2O2. The highest BCUT2D eigenvalue weighted by Gasteiger charge is 2.59. The number of fused-ring (bicyclic) bond motifs is 1. The van der Waals surface area contributed by atoms with Gasteiger partial charge in [0, 0.05) is 12.1 Å². The number of amides is 2. The Labute approximate surface area is 163 Å². The van der Waals surface area contributed by atoms with Crippen molar-refractivity contribution in [3.05, 3.63) is 102 Å². The van der Waals surface area contributed by atoms with Crippen molar-refractivity contribution in [2.45, 2.75) is 12.1 Å². The van der Waals surface area contributed by atoms with Gasteiger partial charge in [-0.1, -0.05) is 78.9 Å². The summed E-state index contributed by atoms with van der Waals surface area (Å²) in [5.74, 6) is -1.08. The van der Waals surface area contributed by atoms with Crippen LogP contribution >= 0.6 is 0 Å². The van der Waals surface area contributed by atoms with Gasteiger partial charge in [0.1, 0.15) is 0 Å². The van der Waals surface area contributed by atoms with Crippen molar-refractivity contribution in [2.24, 2.45) is 11.8 Å². The Morgan fingerprint density at radius 1 is 0.571 bits per heavy atom. The molecule has 2 aliphatic heterocycles. The topological polar surface area (TPSA) is 49.4 Å². The maximum absolute atomic E-state index is 13.4. The Bertz CT molecular complexity index is 941. The third-order valence-electron chi connectivity index (χ3n) is 5.81. The number of carbonyl (C=O) groups is 2. The summed E-state index contributed by atoms with van der Waals surface area (Å²) in [4.78, 5) is 28.2. The van der Waals surface area contributed by atoms with E-state index < -0.39 is 11.8 Å². The highest BCUT2D eigenvalue weighted by atomic mass is 16.2. The van der Waals surface area contributed by atoms with Crippen molar-refractivity contribution < 1.29 is 9.59 Å². The van der Waals surface area contributed by atoms with Crippen LogP contribution < -0.4 is 10.2 Å². The molecule has 4 atom stereocenters. The summed E-state index contributed by atoms with van der Waals surface area (Å²) in [7, 11) is 0. The van der Waals surface area contributed by atoms with Gasteiger partial charge in [-0.15, -0.1) is 0 Å². The van der Waals surface area contributed by atoms with Crippen LogP contribution in [-0.2, 0) is 9.59 Å². The second-order valence-electron chi connectivity index (χ2n) is 7.34. The van der Waals surface area contributed by atoms with Crippen molar-refractivity contribution in [2.75, 3.05) is 4.90 Å². The van der Waals surface area contributed by atoms with Crippen LogP contribution in [0.15, 0.2) is 91.0 Å². The molecule has 0 radical (unpaired) electrons. The van der Waals surface area contributed by atoms with E-state index in [-0.39, 0.29) is 23.9 Å². The van der Waals surface area contributed by atoms with E-state index in [2.05, 4.69) is 5.32 Å². The van der Waals surface area contributed by atoms with Gasteiger partial charge in [0.05, 0.1) is 17.5 Å². The first-order valence-electron chi connectivity index (χ1n) is 9.54. The first-order valence-corrected chi connectivity index (χ1v) is 9.54. The summed E-state index contributed by atoms with van der Waals surface area (Å²) >= 11 is 0. The van der Waals surface area contributed by atoms with Gasteiger partial charge < -0.3 is 5.32 Å². The number of hydrogen-bond donors (Lipinski definition) is 1. The van der Waals surface area contributed by atoms with Crippen molar-refractivity contribution in [1.82, 2.24) is 5.32 Å². The van der Waals surface area contributed by atoms with E-state index in [4.69, 9.17) is 0 Å². The monoisotopic (exact) mass is 368 g/mol. The molecule has 3 aromatic carbocycles. The summed E-state index contributed by atoms with van der Waals surface area (Å²) in [5.41, 5.74) is 2.71. The van der Waals surface area contributed by atoms with E-state index in [1.165, 1.54) is 4.90 Å². The molecule has 2 amide bonds. The molecule has 0 aromatic heterocycles. The molecule has 0 bridgehead atoms. The summed E-state index contributed by atoms with van der Waals surface area (Å²) < 4.78 is 0. The lowest BCUT2D eigenvalue weighted by molar-refractivity contribution is -0.123. The fraction of sp³-hybridized carbons (Fsp3) is 0.167. The van der Waals surface area contributed by atoms with Gasteiger partial charge in [-0.3, -0.25) is 9.59 Å². The van der Waals surface area contributed by atoms with E-state index in [0.29, 0.717) is 5.69 Å².